The fourth-order valence-electron chi connectivity index (χ4n) is 4.14. The molecule has 0 aromatic rings. The summed E-state index contributed by atoms with van der Waals surface area (Å²) >= 11 is 0. The molecule has 0 fully saturated rings. The lowest BCUT2D eigenvalue weighted by Gasteiger charge is -2.32. The van der Waals surface area contributed by atoms with Crippen molar-refractivity contribution in [1.82, 2.24) is 0 Å². The molecule has 0 unspecified atom stereocenters. The second-order valence-corrected chi connectivity index (χ2v) is 9.93. The van der Waals surface area contributed by atoms with Crippen LogP contribution < -0.4 is 0 Å². The molecule has 0 radical (unpaired) electrons. The Kier molecular flexibility index (Phi) is 14.7. The highest BCUT2D eigenvalue weighted by molar-refractivity contribution is 7.86. The zero-order valence-electron chi connectivity index (χ0n) is 19.1. The normalized spacial score (nSPS) is 13.2. The van der Waals surface area contributed by atoms with E-state index >= 15 is 0 Å². The summed E-state index contributed by atoms with van der Waals surface area (Å²) in [6, 6.07) is 0. The van der Waals surface area contributed by atoms with Gasteiger partial charge in [-0.2, -0.15) is 8.42 Å². The highest BCUT2D eigenvalue weighted by atomic mass is 32.2. The molecule has 0 heterocycles. The Bertz CT molecular complexity index is 467. The second-order valence-electron chi connectivity index (χ2n) is 8.39. The molecular weight excluding hydrogens is 376 g/mol. The Morgan fingerprint density at radius 2 is 1.29 bits per heavy atom. The molecule has 28 heavy (non-hydrogen) atoms. The van der Waals surface area contributed by atoms with Gasteiger partial charge in [0, 0.05) is 6.61 Å². The highest BCUT2D eigenvalue weighted by Crippen LogP contribution is 2.37. The molecule has 0 aliphatic rings. The van der Waals surface area contributed by atoms with E-state index in [-0.39, 0.29) is 23.2 Å². The molecule has 0 saturated heterocycles. The van der Waals surface area contributed by atoms with Crippen molar-refractivity contribution in [3.63, 3.8) is 0 Å². The molecule has 0 atom stereocenters. The largest absolute Gasteiger partial charge is 0.396 e. The molecule has 1 N–H and O–H groups in total. The van der Waals surface area contributed by atoms with Crippen LogP contribution in [0, 0.1) is 10.8 Å². The standard InChI is InChI=1S/C22H46O5S/c1-6-11-15-22(9-4,10-5)20-28(24,25)27-26-19-13-12-16-21(7-2,8-3)17-14-18-23/h23H,6-20H2,1-5H3. The van der Waals surface area contributed by atoms with Crippen LogP contribution in [0.25, 0.3) is 0 Å². The van der Waals surface area contributed by atoms with Crippen LogP contribution in [-0.4, -0.2) is 32.5 Å². The molecule has 6 heteroatoms. The number of aliphatic hydroxyl groups excluding tert-OH is 1. The van der Waals surface area contributed by atoms with Gasteiger partial charge in [-0.3, -0.25) is 0 Å². The number of aliphatic hydroxyl groups is 1. The van der Waals surface area contributed by atoms with Crippen LogP contribution in [-0.2, 0) is 19.3 Å². The van der Waals surface area contributed by atoms with Crippen LogP contribution in [0.3, 0.4) is 0 Å². The lowest BCUT2D eigenvalue weighted by atomic mass is 9.74. The summed E-state index contributed by atoms with van der Waals surface area (Å²) < 4.78 is 29.6. The molecule has 170 valence electrons. The summed E-state index contributed by atoms with van der Waals surface area (Å²) in [6.45, 7) is 11.2. The van der Waals surface area contributed by atoms with Crippen molar-refractivity contribution in [1.29, 1.82) is 0 Å². The fourth-order valence-corrected chi connectivity index (χ4v) is 5.70. The maximum absolute atomic E-state index is 12.4. The van der Waals surface area contributed by atoms with Crippen LogP contribution in [0.4, 0.5) is 0 Å². The molecule has 0 saturated carbocycles. The first-order valence-corrected chi connectivity index (χ1v) is 13.0. The Morgan fingerprint density at radius 1 is 0.750 bits per heavy atom. The fraction of sp³-hybridized carbons (Fsp3) is 1.00. The van der Waals surface area contributed by atoms with Crippen molar-refractivity contribution in [2.75, 3.05) is 19.0 Å². The topological polar surface area (TPSA) is 72.8 Å². The molecule has 0 spiro atoms. The Balaban J connectivity index is 4.36. The predicted octanol–water partition coefficient (Wildman–Crippen LogP) is 6.01. The third kappa shape index (κ3) is 10.6. The number of rotatable bonds is 19. The summed E-state index contributed by atoms with van der Waals surface area (Å²) in [7, 11) is -3.68. The molecule has 5 nitrogen and oxygen atoms in total. The van der Waals surface area contributed by atoms with Gasteiger partial charge in [-0.15, -0.1) is 4.33 Å². The van der Waals surface area contributed by atoms with E-state index in [0.29, 0.717) is 6.61 Å². The zero-order valence-corrected chi connectivity index (χ0v) is 19.9. The van der Waals surface area contributed by atoms with Crippen molar-refractivity contribution in [2.24, 2.45) is 10.8 Å². The van der Waals surface area contributed by atoms with Gasteiger partial charge in [0.25, 0.3) is 10.1 Å². The Morgan fingerprint density at radius 3 is 1.79 bits per heavy atom. The summed E-state index contributed by atoms with van der Waals surface area (Å²) in [5.41, 5.74) is 0.0591. The van der Waals surface area contributed by atoms with E-state index in [4.69, 9.17) is 14.3 Å². The van der Waals surface area contributed by atoms with E-state index in [1.165, 1.54) is 0 Å². The summed E-state index contributed by atoms with van der Waals surface area (Å²) in [5, 5.41) is 9.11. The first kappa shape index (κ1) is 27.8. The molecule has 0 rings (SSSR count). The molecule has 0 bridgehead atoms. The van der Waals surface area contributed by atoms with Crippen molar-refractivity contribution in [2.45, 2.75) is 112 Å². The average Bonchev–Trinajstić information content (AvgIpc) is 2.70. The number of unbranched alkanes of at least 4 members (excludes halogenated alkanes) is 2. The van der Waals surface area contributed by atoms with E-state index in [1.807, 2.05) is 0 Å². The van der Waals surface area contributed by atoms with E-state index in [2.05, 4.69) is 34.6 Å². The first-order valence-electron chi connectivity index (χ1n) is 11.4. The Hall–Kier alpha value is -0.170. The first-order chi connectivity index (χ1) is 13.3. The monoisotopic (exact) mass is 422 g/mol. The van der Waals surface area contributed by atoms with E-state index in [9.17, 15) is 8.42 Å². The lowest BCUT2D eigenvalue weighted by Crippen LogP contribution is -2.30. The molecule has 0 aromatic carbocycles. The second kappa shape index (κ2) is 14.8. The minimum absolute atomic E-state index is 0.0307. The van der Waals surface area contributed by atoms with Crippen LogP contribution in [0.15, 0.2) is 0 Å². The van der Waals surface area contributed by atoms with Gasteiger partial charge < -0.3 is 5.11 Å². The molecule has 0 aromatic heterocycles. The maximum Gasteiger partial charge on any atom is 0.294 e. The quantitative estimate of drug-likeness (QED) is 0.157. The van der Waals surface area contributed by atoms with Gasteiger partial charge >= 0.3 is 0 Å². The average molecular weight is 423 g/mol. The summed E-state index contributed by atoms with van der Waals surface area (Å²) in [6.07, 6.45) is 11.6. The molecule has 0 aliphatic heterocycles. The van der Waals surface area contributed by atoms with Crippen LogP contribution >= 0.6 is 0 Å². The third-order valence-corrected chi connectivity index (χ3v) is 8.01. The summed E-state index contributed by atoms with van der Waals surface area (Å²) in [5.74, 6) is 0.0307. The molecular formula is C22H46O5S. The minimum atomic E-state index is -3.68. The van der Waals surface area contributed by atoms with Crippen molar-refractivity contribution in [3.05, 3.63) is 0 Å². The van der Waals surface area contributed by atoms with Gasteiger partial charge in [-0.25, -0.2) is 4.89 Å². The summed E-state index contributed by atoms with van der Waals surface area (Å²) in [4.78, 5) is 5.07. The number of hydrogen-bond donors (Lipinski definition) is 1. The number of hydrogen-bond acceptors (Lipinski definition) is 5. The SMILES string of the molecule is CCCCC(CC)(CC)CS(=O)(=O)OOCCCCC(CC)(CC)CCCO. The van der Waals surface area contributed by atoms with Crippen LogP contribution in [0.2, 0.25) is 0 Å². The smallest absolute Gasteiger partial charge is 0.294 e. The maximum atomic E-state index is 12.4. The van der Waals surface area contributed by atoms with Gasteiger partial charge in [0.05, 0.1) is 12.4 Å². The van der Waals surface area contributed by atoms with Crippen molar-refractivity contribution in [3.8, 4) is 0 Å². The minimum Gasteiger partial charge on any atom is -0.396 e. The van der Waals surface area contributed by atoms with Gasteiger partial charge in [0.15, 0.2) is 0 Å². The van der Waals surface area contributed by atoms with Gasteiger partial charge in [-0.1, -0.05) is 66.7 Å². The molecule has 0 aliphatic carbocycles. The van der Waals surface area contributed by atoms with Gasteiger partial charge in [0.2, 0.25) is 0 Å². The van der Waals surface area contributed by atoms with Gasteiger partial charge in [0.1, 0.15) is 0 Å². The van der Waals surface area contributed by atoms with E-state index < -0.39 is 10.1 Å². The molecule has 0 amide bonds. The predicted molar refractivity (Wildman–Crippen MR) is 117 cm³/mol. The zero-order chi connectivity index (χ0) is 21.5. The third-order valence-electron chi connectivity index (χ3n) is 6.75. The van der Waals surface area contributed by atoms with Gasteiger partial charge in [-0.05, 0) is 55.8 Å². The van der Waals surface area contributed by atoms with Crippen LogP contribution in [0.5, 0.6) is 0 Å². The van der Waals surface area contributed by atoms with Crippen molar-refractivity contribution >= 4 is 10.1 Å². The Labute approximate surface area is 174 Å². The lowest BCUT2D eigenvalue weighted by molar-refractivity contribution is -0.202. The highest BCUT2D eigenvalue weighted by Gasteiger charge is 2.33. The van der Waals surface area contributed by atoms with E-state index in [0.717, 1.165) is 77.0 Å². The van der Waals surface area contributed by atoms with E-state index in [1.54, 1.807) is 0 Å². The van der Waals surface area contributed by atoms with Crippen LogP contribution in [0.1, 0.15) is 112 Å². The van der Waals surface area contributed by atoms with Crippen molar-refractivity contribution < 1.29 is 22.7 Å².